The minimum absolute atomic E-state index is 0.277. The van der Waals surface area contributed by atoms with Crippen LogP contribution in [-0.2, 0) is 17.8 Å². The average Bonchev–Trinajstić information content (AvgIpc) is 3.35. The zero-order chi connectivity index (χ0) is 22.8. The highest BCUT2D eigenvalue weighted by atomic mass is 16.5. The van der Waals surface area contributed by atoms with Crippen LogP contribution in [0.15, 0.2) is 73.2 Å². The van der Waals surface area contributed by atoms with Crippen LogP contribution in [0.4, 0.5) is 4.79 Å². The molecular formula is C23H23N5O4. The van der Waals surface area contributed by atoms with Gasteiger partial charge in [-0.15, -0.1) is 0 Å². The lowest BCUT2D eigenvalue weighted by atomic mass is 10.1. The molecule has 0 spiro atoms. The summed E-state index contributed by atoms with van der Waals surface area (Å²) in [5.74, 6) is -1.10. The van der Waals surface area contributed by atoms with E-state index >= 15 is 0 Å². The van der Waals surface area contributed by atoms with E-state index in [0.717, 1.165) is 16.8 Å². The second-order valence-electron chi connectivity index (χ2n) is 6.91. The zero-order valence-electron chi connectivity index (χ0n) is 17.2. The van der Waals surface area contributed by atoms with E-state index in [2.05, 4.69) is 15.3 Å². The second kappa shape index (κ2) is 11.2. The minimum atomic E-state index is -0.627. The van der Waals surface area contributed by atoms with Crippen molar-refractivity contribution < 1.29 is 19.6 Å². The van der Waals surface area contributed by atoms with Gasteiger partial charge in [-0.25, -0.2) is 15.3 Å². The number of carbonyl (C=O) groups is 3. The van der Waals surface area contributed by atoms with E-state index in [1.807, 2.05) is 12.1 Å². The van der Waals surface area contributed by atoms with Crippen molar-refractivity contribution >= 4 is 23.9 Å². The van der Waals surface area contributed by atoms with Crippen molar-refractivity contribution in [3.63, 3.8) is 0 Å². The quantitative estimate of drug-likeness (QED) is 0.247. The predicted octanol–water partition coefficient (Wildman–Crippen LogP) is 2.52. The lowest BCUT2D eigenvalue weighted by molar-refractivity contribution is -0.124. The van der Waals surface area contributed by atoms with Crippen molar-refractivity contribution in [2.24, 2.45) is 0 Å². The fourth-order valence-electron chi connectivity index (χ4n) is 2.93. The topological polar surface area (TPSA) is 127 Å². The van der Waals surface area contributed by atoms with Crippen LogP contribution in [0.1, 0.15) is 27.2 Å². The predicted molar refractivity (Wildman–Crippen MR) is 117 cm³/mol. The summed E-state index contributed by atoms with van der Waals surface area (Å²) in [6.07, 6.45) is 6.61. The summed E-state index contributed by atoms with van der Waals surface area (Å²) in [7, 11) is 0. The van der Waals surface area contributed by atoms with Crippen LogP contribution in [0.5, 0.6) is 0 Å². The molecule has 0 atom stereocenters. The number of hydrogen-bond acceptors (Lipinski definition) is 5. The molecule has 164 valence electrons. The number of benzene rings is 2. The van der Waals surface area contributed by atoms with Gasteiger partial charge in [-0.1, -0.05) is 42.5 Å². The summed E-state index contributed by atoms with van der Waals surface area (Å²) in [5.41, 5.74) is 4.33. The lowest BCUT2D eigenvalue weighted by Crippen LogP contribution is -2.43. The zero-order valence-corrected chi connectivity index (χ0v) is 17.2. The maximum atomic E-state index is 12.9. The standard InChI is InChI=1S/C23H23N5O4/c29-21(27-32)11-10-17-6-8-18(9-7-17)15-28(13-12-20-14-24-16-25-20)23(31)26-22(30)19-4-2-1-3-5-19/h1-11,14,16,32H,12-13,15H2,(H,24,25)(H,27,29)(H,26,30,31)/b11-10+. The molecule has 0 unspecified atom stereocenters. The summed E-state index contributed by atoms with van der Waals surface area (Å²) in [6.45, 7) is 0.635. The van der Waals surface area contributed by atoms with Crippen LogP contribution < -0.4 is 10.8 Å². The van der Waals surface area contributed by atoms with Crippen molar-refractivity contribution in [2.45, 2.75) is 13.0 Å². The molecule has 9 heteroatoms. The summed E-state index contributed by atoms with van der Waals surface area (Å²) in [5, 5.41) is 11.0. The number of urea groups is 1. The van der Waals surface area contributed by atoms with Crippen LogP contribution in [0.2, 0.25) is 0 Å². The van der Waals surface area contributed by atoms with Gasteiger partial charge in [0.05, 0.1) is 12.0 Å². The van der Waals surface area contributed by atoms with Gasteiger partial charge in [-0.2, -0.15) is 0 Å². The van der Waals surface area contributed by atoms with Crippen LogP contribution in [0.3, 0.4) is 0 Å². The molecule has 32 heavy (non-hydrogen) atoms. The second-order valence-corrected chi connectivity index (χ2v) is 6.91. The van der Waals surface area contributed by atoms with Crippen molar-refractivity contribution in [3.8, 4) is 0 Å². The maximum absolute atomic E-state index is 12.9. The van der Waals surface area contributed by atoms with Gasteiger partial charge in [0.25, 0.3) is 11.8 Å². The van der Waals surface area contributed by atoms with Crippen LogP contribution in [-0.4, -0.2) is 44.5 Å². The number of aromatic nitrogens is 2. The molecule has 3 rings (SSSR count). The van der Waals surface area contributed by atoms with E-state index in [4.69, 9.17) is 5.21 Å². The molecule has 4 amide bonds. The third-order valence-electron chi connectivity index (χ3n) is 4.63. The van der Waals surface area contributed by atoms with Gasteiger partial charge in [0, 0.05) is 37.3 Å². The molecule has 0 bridgehead atoms. The third kappa shape index (κ3) is 6.64. The number of H-pyrrole nitrogens is 1. The highest BCUT2D eigenvalue weighted by Gasteiger charge is 2.18. The maximum Gasteiger partial charge on any atom is 0.324 e. The highest BCUT2D eigenvalue weighted by Crippen LogP contribution is 2.11. The van der Waals surface area contributed by atoms with Gasteiger partial charge in [-0.3, -0.25) is 20.1 Å². The Kier molecular flexibility index (Phi) is 7.88. The molecule has 0 aliphatic rings. The van der Waals surface area contributed by atoms with E-state index in [1.54, 1.807) is 66.0 Å². The normalized spacial score (nSPS) is 10.7. The Morgan fingerprint density at radius 3 is 2.47 bits per heavy atom. The Hall–Kier alpha value is -4.24. The molecule has 0 saturated heterocycles. The molecule has 1 heterocycles. The van der Waals surface area contributed by atoms with E-state index in [-0.39, 0.29) is 6.54 Å². The van der Waals surface area contributed by atoms with Crippen LogP contribution in [0, 0.1) is 0 Å². The fourth-order valence-corrected chi connectivity index (χ4v) is 2.93. The van der Waals surface area contributed by atoms with Gasteiger partial charge in [0.1, 0.15) is 0 Å². The summed E-state index contributed by atoms with van der Waals surface area (Å²) in [4.78, 5) is 45.0. The fraction of sp³-hybridized carbons (Fsp3) is 0.130. The first kappa shape index (κ1) is 22.4. The SMILES string of the molecule is O=C(/C=C/c1ccc(CN(CCc2c[nH]cn2)C(=O)NC(=O)c2ccccc2)cc1)NO. The number of hydroxylamine groups is 1. The first-order chi connectivity index (χ1) is 15.5. The van der Waals surface area contributed by atoms with Crippen molar-refractivity contribution in [2.75, 3.05) is 6.54 Å². The van der Waals surface area contributed by atoms with Crippen molar-refractivity contribution in [1.29, 1.82) is 0 Å². The smallest absolute Gasteiger partial charge is 0.324 e. The molecule has 2 aromatic carbocycles. The molecule has 0 radical (unpaired) electrons. The Morgan fingerprint density at radius 2 is 1.81 bits per heavy atom. The Balaban J connectivity index is 1.69. The van der Waals surface area contributed by atoms with E-state index in [1.165, 1.54) is 11.6 Å². The minimum Gasteiger partial charge on any atom is -0.351 e. The number of hydrogen-bond donors (Lipinski definition) is 4. The molecule has 0 saturated carbocycles. The lowest BCUT2D eigenvalue weighted by Gasteiger charge is -2.22. The number of imide groups is 1. The Bertz CT molecular complexity index is 1060. The number of nitrogens with zero attached hydrogens (tertiary/aromatic N) is 2. The number of rotatable bonds is 8. The molecule has 9 nitrogen and oxygen atoms in total. The first-order valence-corrected chi connectivity index (χ1v) is 9.89. The highest BCUT2D eigenvalue weighted by molar-refractivity contribution is 6.04. The largest absolute Gasteiger partial charge is 0.351 e. The number of imidazole rings is 1. The van der Waals surface area contributed by atoms with Crippen LogP contribution >= 0.6 is 0 Å². The molecular weight excluding hydrogens is 410 g/mol. The number of carbonyl (C=O) groups excluding carboxylic acids is 3. The molecule has 0 aliphatic carbocycles. The third-order valence-corrected chi connectivity index (χ3v) is 4.63. The van der Waals surface area contributed by atoms with Gasteiger partial charge >= 0.3 is 6.03 Å². The summed E-state index contributed by atoms with van der Waals surface area (Å²) in [6, 6.07) is 15.3. The van der Waals surface area contributed by atoms with E-state index in [9.17, 15) is 14.4 Å². The Morgan fingerprint density at radius 1 is 1.06 bits per heavy atom. The molecule has 0 fully saturated rings. The van der Waals surface area contributed by atoms with Crippen molar-refractivity contribution in [3.05, 3.63) is 95.6 Å². The van der Waals surface area contributed by atoms with Gasteiger partial charge in [-0.05, 0) is 29.3 Å². The van der Waals surface area contributed by atoms with Crippen LogP contribution in [0.25, 0.3) is 6.08 Å². The number of nitrogens with one attached hydrogen (secondary N) is 3. The molecule has 3 aromatic rings. The van der Waals surface area contributed by atoms with E-state index < -0.39 is 17.8 Å². The first-order valence-electron chi connectivity index (χ1n) is 9.89. The molecule has 0 aliphatic heterocycles. The van der Waals surface area contributed by atoms with Gasteiger partial charge in [0.15, 0.2) is 0 Å². The number of aromatic amines is 1. The Labute approximate surface area is 184 Å². The van der Waals surface area contributed by atoms with Gasteiger partial charge in [0.2, 0.25) is 0 Å². The number of amides is 4. The molecule has 4 N–H and O–H groups in total. The molecule has 1 aromatic heterocycles. The van der Waals surface area contributed by atoms with Gasteiger partial charge < -0.3 is 9.88 Å². The van der Waals surface area contributed by atoms with E-state index in [0.29, 0.717) is 18.5 Å². The summed E-state index contributed by atoms with van der Waals surface area (Å²) >= 11 is 0. The van der Waals surface area contributed by atoms with Crippen molar-refractivity contribution in [1.82, 2.24) is 25.7 Å². The average molecular weight is 433 g/mol. The monoisotopic (exact) mass is 433 g/mol. The summed E-state index contributed by atoms with van der Waals surface area (Å²) < 4.78 is 0.